The number of ketones is 1. The van der Waals surface area contributed by atoms with Gasteiger partial charge in [0.15, 0.2) is 0 Å². The Morgan fingerprint density at radius 2 is 2.00 bits per heavy atom. The molecule has 0 amide bonds. The van der Waals surface area contributed by atoms with Crippen LogP contribution in [-0.2, 0) is 4.79 Å². The fourth-order valence-corrected chi connectivity index (χ4v) is 1.97. The maximum absolute atomic E-state index is 11.5. The maximum atomic E-state index is 11.5. The number of thioether (sulfide) groups is 1. The predicted molar refractivity (Wildman–Crippen MR) is 65.0 cm³/mol. The van der Waals surface area contributed by atoms with Gasteiger partial charge < -0.3 is 0 Å². The molecule has 0 aromatic rings. The molecule has 0 radical (unpaired) electrons. The highest BCUT2D eigenvalue weighted by Crippen LogP contribution is 2.10. The van der Waals surface area contributed by atoms with Crippen molar-refractivity contribution in [3.05, 3.63) is 0 Å². The van der Waals surface area contributed by atoms with E-state index in [1.54, 1.807) is 0 Å². The van der Waals surface area contributed by atoms with E-state index in [1.807, 2.05) is 32.7 Å². The van der Waals surface area contributed by atoms with Gasteiger partial charge in [-0.2, -0.15) is 11.8 Å². The molecule has 0 aliphatic heterocycles. The van der Waals surface area contributed by atoms with Gasteiger partial charge in [-0.05, 0) is 39.3 Å². The molecule has 0 bridgehead atoms. The normalized spacial score (nSPS) is 15.6. The number of Topliss-reactive ketones (excluding diaryl/α,β-unsaturated/α-hetero) is 1. The van der Waals surface area contributed by atoms with Crippen molar-refractivity contribution in [2.75, 3.05) is 19.1 Å². The summed E-state index contributed by atoms with van der Waals surface area (Å²) < 4.78 is 0. The average molecular weight is 217 g/mol. The first-order chi connectivity index (χ1) is 6.54. The molecule has 0 heterocycles. The third-order valence-corrected chi connectivity index (χ3v) is 3.50. The summed E-state index contributed by atoms with van der Waals surface area (Å²) in [6.45, 7) is 6.12. The predicted octanol–water partition coefficient (Wildman–Crippen LogP) is 2.43. The zero-order valence-corrected chi connectivity index (χ0v) is 10.9. The number of hydrogen-bond acceptors (Lipinski definition) is 3. The maximum Gasteiger partial charge on any atom is 0.149 e. The van der Waals surface area contributed by atoms with E-state index in [9.17, 15) is 4.79 Å². The number of rotatable bonds is 7. The Balaban J connectivity index is 4.02. The number of hydrogen-bond donors (Lipinski definition) is 0. The van der Waals surface area contributed by atoms with E-state index < -0.39 is 0 Å². The van der Waals surface area contributed by atoms with E-state index in [0.29, 0.717) is 18.2 Å². The lowest BCUT2D eigenvalue weighted by Crippen LogP contribution is -2.41. The molecular weight excluding hydrogens is 194 g/mol. The van der Waals surface area contributed by atoms with Crippen LogP contribution in [0.1, 0.15) is 33.6 Å². The number of likely N-dealkylation sites (N-methyl/N-ethyl adjacent to an activating group) is 1. The van der Waals surface area contributed by atoms with Crippen LogP contribution >= 0.6 is 11.8 Å². The molecule has 0 aliphatic rings. The van der Waals surface area contributed by atoms with Gasteiger partial charge in [0, 0.05) is 12.5 Å². The van der Waals surface area contributed by atoms with Crippen LogP contribution in [0.2, 0.25) is 0 Å². The third-order valence-electron chi connectivity index (χ3n) is 2.86. The van der Waals surface area contributed by atoms with Gasteiger partial charge in [-0.25, -0.2) is 0 Å². The number of nitrogens with zero attached hydrogens (tertiary/aromatic N) is 1. The lowest BCUT2D eigenvalue weighted by Gasteiger charge is -2.29. The van der Waals surface area contributed by atoms with Crippen LogP contribution < -0.4 is 0 Å². The molecule has 14 heavy (non-hydrogen) atoms. The molecule has 0 aliphatic carbocycles. The second-order valence-electron chi connectivity index (χ2n) is 3.79. The van der Waals surface area contributed by atoms with Crippen LogP contribution in [-0.4, -0.2) is 41.8 Å². The monoisotopic (exact) mass is 217 g/mol. The van der Waals surface area contributed by atoms with Crippen LogP contribution in [0.5, 0.6) is 0 Å². The van der Waals surface area contributed by atoms with Crippen molar-refractivity contribution in [3.8, 4) is 0 Å². The summed E-state index contributed by atoms with van der Waals surface area (Å²) >= 11 is 1.86. The Morgan fingerprint density at radius 1 is 1.43 bits per heavy atom. The highest BCUT2D eigenvalue weighted by atomic mass is 32.2. The second-order valence-corrected chi connectivity index (χ2v) is 4.78. The van der Waals surface area contributed by atoms with E-state index >= 15 is 0 Å². The quantitative estimate of drug-likeness (QED) is 0.653. The van der Waals surface area contributed by atoms with Gasteiger partial charge in [0.25, 0.3) is 0 Å². The molecule has 2 nitrogen and oxygen atoms in total. The Hall–Kier alpha value is -0.0200. The first-order valence-electron chi connectivity index (χ1n) is 5.28. The first-order valence-corrected chi connectivity index (χ1v) is 6.67. The molecule has 0 spiro atoms. The Labute approximate surface area is 92.4 Å². The molecule has 0 N–H and O–H groups in total. The van der Waals surface area contributed by atoms with Crippen LogP contribution in [0, 0.1) is 0 Å². The van der Waals surface area contributed by atoms with Crippen LogP contribution in [0.3, 0.4) is 0 Å². The molecule has 0 saturated heterocycles. The highest BCUT2D eigenvalue weighted by Gasteiger charge is 2.20. The lowest BCUT2D eigenvalue weighted by atomic mass is 10.1. The summed E-state index contributed by atoms with van der Waals surface area (Å²) in [6.07, 6.45) is 3.91. The summed E-state index contributed by atoms with van der Waals surface area (Å²) in [5.41, 5.74) is 0. The van der Waals surface area contributed by atoms with Crippen molar-refractivity contribution >= 4 is 17.5 Å². The van der Waals surface area contributed by atoms with E-state index in [0.717, 1.165) is 6.42 Å². The largest absolute Gasteiger partial charge is 0.298 e. The van der Waals surface area contributed by atoms with E-state index in [1.165, 1.54) is 5.75 Å². The Morgan fingerprint density at radius 3 is 2.43 bits per heavy atom. The van der Waals surface area contributed by atoms with Gasteiger partial charge in [0.1, 0.15) is 5.78 Å². The van der Waals surface area contributed by atoms with Crippen molar-refractivity contribution in [3.63, 3.8) is 0 Å². The minimum absolute atomic E-state index is 0.0665. The second kappa shape index (κ2) is 7.30. The standard InChI is InChI=1S/C11H23NOS/c1-6-11(13)10(3)12(4)9(2)7-8-14-5/h9-10H,6-8H2,1-5H3. The first kappa shape index (κ1) is 14.0. The molecule has 0 aromatic carbocycles. The van der Waals surface area contributed by atoms with Crippen LogP contribution in [0.15, 0.2) is 0 Å². The van der Waals surface area contributed by atoms with Crippen LogP contribution in [0.25, 0.3) is 0 Å². The molecule has 2 unspecified atom stereocenters. The van der Waals surface area contributed by atoms with Gasteiger partial charge >= 0.3 is 0 Å². The topological polar surface area (TPSA) is 20.3 Å². The molecule has 2 atom stereocenters. The lowest BCUT2D eigenvalue weighted by molar-refractivity contribution is -0.123. The smallest absolute Gasteiger partial charge is 0.149 e. The minimum atomic E-state index is 0.0665. The molecule has 84 valence electrons. The Kier molecular flexibility index (Phi) is 7.28. The fraction of sp³-hybridized carbons (Fsp3) is 0.909. The summed E-state index contributed by atoms with van der Waals surface area (Å²) in [7, 11) is 2.04. The van der Waals surface area contributed by atoms with Gasteiger partial charge in [-0.15, -0.1) is 0 Å². The molecule has 0 aromatic heterocycles. The van der Waals surface area contributed by atoms with Gasteiger partial charge in [-0.1, -0.05) is 6.92 Å². The van der Waals surface area contributed by atoms with Crippen molar-refractivity contribution in [1.29, 1.82) is 0 Å². The van der Waals surface area contributed by atoms with Gasteiger partial charge in [0.2, 0.25) is 0 Å². The minimum Gasteiger partial charge on any atom is -0.298 e. The molecule has 3 heteroatoms. The van der Waals surface area contributed by atoms with Crippen LogP contribution in [0.4, 0.5) is 0 Å². The average Bonchev–Trinajstić information content (AvgIpc) is 2.22. The Bertz CT molecular complexity index is 173. The molecular formula is C11H23NOS. The molecule has 0 rings (SSSR count). The summed E-state index contributed by atoms with van der Waals surface area (Å²) in [4.78, 5) is 13.7. The van der Waals surface area contributed by atoms with Crippen molar-refractivity contribution in [2.24, 2.45) is 0 Å². The van der Waals surface area contributed by atoms with Gasteiger partial charge in [-0.3, -0.25) is 9.69 Å². The summed E-state index contributed by atoms with van der Waals surface area (Å²) in [5.74, 6) is 1.50. The van der Waals surface area contributed by atoms with E-state index in [2.05, 4.69) is 18.1 Å². The number of carbonyl (C=O) groups excluding carboxylic acids is 1. The third kappa shape index (κ3) is 4.47. The molecule has 0 saturated carbocycles. The van der Waals surface area contributed by atoms with E-state index in [4.69, 9.17) is 0 Å². The SMILES string of the molecule is CCC(=O)C(C)N(C)C(C)CCSC. The van der Waals surface area contributed by atoms with Crippen molar-refractivity contribution in [2.45, 2.75) is 45.7 Å². The highest BCUT2D eigenvalue weighted by molar-refractivity contribution is 7.98. The number of carbonyl (C=O) groups is 1. The summed E-state index contributed by atoms with van der Waals surface area (Å²) in [6, 6.07) is 0.560. The van der Waals surface area contributed by atoms with E-state index in [-0.39, 0.29) is 6.04 Å². The molecule has 0 fully saturated rings. The van der Waals surface area contributed by atoms with Crippen molar-refractivity contribution in [1.82, 2.24) is 4.90 Å². The summed E-state index contributed by atoms with van der Waals surface area (Å²) in [5, 5.41) is 0. The zero-order valence-electron chi connectivity index (χ0n) is 10.0. The fourth-order valence-electron chi connectivity index (χ4n) is 1.40. The van der Waals surface area contributed by atoms with Crippen molar-refractivity contribution < 1.29 is 4.79 Å². The van der Waals surface area contributed by atoms with Gasteiger partial charge in [0.05, 0.1) is 6.04 Å². The zero-order chi connectivity index (χ0) is 11.1.